The van der Waals surface area contributed by atoms with E-state index in [1.165, 1.54) is 62.9 Å². The van der Waals surface area contributed by atoms with E-state index in [0.717, 1.165) is 19.0 Å². The molecule has 2 aliphatic rings. The number of hydrogen-bond acceptors (Lipinski definition) is 2. The number of anilines is 1. The van der Waals surface area contributed by atoms with Crippen LogP contribution < -0.4 is 4.90 Å². The fraction of sp³-hybridized carbons (Fsp3) is 0.667. The van der Waals surface area contributed by atoms with Crippen molar-refractivity contribution in [2.24, 2.45) is 5.92 Å². The van der Waals surface area contributed by atoms with Crippen LogP contribution in [0, 0.1) is 5.92 Å². The Hall–Kier alpha value is -1.02. The Kier molecular flexibility index (Phi) is 4.62. The van der Waals surface area contributed by atoms with Crippen molar-refractivity contribution in [1.29, 1.82) is 0 Å². The molecule has 20 heavy (non-hydrogen) atoms. The second-order valence-electron chi connectivity index (χ2n) is 6.65. The predicted molar refractivity (Wildman–Crippen MR) is 86.4 cm³/mol. The Morgan fingerprint density at radius 2 is 1.60 bits per heavy atom. The number of benzene rings is 1. The van der Waals surface area contributed by atoms with Gasteiger partial charge in [0.1, 0.15) is 0 Å². The molecule has 0 atom stereocenters. The third-order valence-electron chi connectivity index (χ3n) is 5.12. The number of nitrogens with zero attached hydrogens (tertiary/aromatic N) is 2. The standard InChI is InChI=1S/C18H28N2/c1-19-12-14-20(15-13-19)18-10-8-17(9-11-18)7-6-16-4-2-3-5-16/h8-11,16H,2-7,12-15H2,1H3. The minimum atomic E-state index is 1.01. The molecule has 3 rings (SSSR count). The first-order valence-corrected chi connectivity index (χ1v) is 8.34. The Bertz CT molecular complexity index is 398. The summed E-state index contributed by atoms with van der Waals surface area (Å²) in [6.07, 6.45) is 8.54. The number of aryl methyl sites for hydroxylation is 1. The maximum absolute atomic E-state index is 2.51. The Morgan fingerprint density at radius 3 is 2.25 bits per heavy atom. The van der Waals surface area contributed by atoms with Crippen molar-refractivity contribution in [3.63, 3.8) is 0 Å². The van der Waals surface area contributed by atoms with Gasteiger partial charge in [-0.15, -0.1) is 0 Å². The van der Waals surface area contributed by atoms with Gasteiger partial charge in [0.2, 0.25) is 0 Å². The van der Waals surface area contributed by atoms with Crippen molar-refractivity contribution in [3.05, 3.63) is 29.8 Å². The molecule has 1 aliphatic heterocycles. The summed E-state index contributed by atoms with van der Waals surface area (Å²) < 4.78 is 0. The molecule has 0 unspecified atom stereocenters. The predicted octanol–water partition coefficient (Wildman–Crippen LogP) is 3.56. The van der Waals surface area contributed by atoms with Crippen LogP contribution in [-0.2, 0) is 6.42 Å². The molecule has 1 saturated carbocycles. The van der Waals surface area contributed by atoms with Gasteiger partial charge in [-0.05, 0) is 43.5 Å². The molecule has 110 valence electrons. The highest BCUT2D eigenvalue weighted by Gasteiger charge is 2.15. The quantitative estimate of drug-likeness (QED) is 0.827. The lowest BCUT2D eigenvalue weighted by atomic mass is 9.98. The lowest BCUT2D eigenvalue weighted by Gasteiger charge is -2.34. The Balaban J connectivity index is 1.51. The van der Waals surface area contributed by atoms with E-state index in [-0.39, 0.29) is 0 Å². The van der Waals surface area contributed by atoms with Crippen LogP contribution in [0.15, 0.2) is 24.3 Å². The minimum absolute atomic E-state index is 1.01. The molecule has 0 spiro atoms. The van der Waals surface area contributed by atoms with Crippen LogP contribution in [0.25, 0.3) is 0 Å². The van der Waals surface area contributed by atoms with Crippen molar-refractivity contribution in [3.8, 4) is 0 Å². The minimum Gasteiger partial charge on any atom is -0.369 e. The average Bonchev–Trinajstić information content (AvgIpc) is 3.00. The average molecular weight is 272 g/mol. The van der Waals surface area contributed by atoms with Gasteiger partial charge < -0.3 is 9.80 Å². The molecule has 2 fully saturated rings. The second-order valence-corrected chi connectivity index (χ2v) is 6.65. The number of likely N-dealkylation sites (N-methyl/N-ethyl adjacent to an activating group) is 1. The smallest absolute Gasteiger partial charge is 0.0367 e. The van der Waals surface area contributed by atoms with E-state index < -0.39 is 0 Å². The summed E-state index contributed by atoms with van der Waals surface area (Å²) in [7, 11) is 2.21. The van der Waals surface area contributed by atoms with E-state index in [0.29, 0.717) is 0 Å². The van der Waals surface area contributed by atoms with E-state index in [4.69, 9.17) is 0 Å². The number of piperazine rings is 1. The fourth-order valence-corrected chi connectivity index (χ4v) is 3.61. The van der Waals surface area contributed by atoms with Crippen LogP contribution in [0.3, 0.4) is 0 Å². The van der Waals surface area contributed by atoms with Gasteiger partial charge >= 0.3 is 0 Å². The zero-order chi connectivity index (χ0) is 13.8. The lowest BCUT2D eigenvalue weighted by molar-refractivity contribution is 0.313. The van der Waals surface area contributed by atoms with Crippen molar-refractivity contribution in [1.82, 2.24) is 4.90 Å². The number of rotatable bonds is 4. The zero-order valence-electron chi connectivity index (χ0n) is 12.9. The lowest BCUT2D eigenvalue weighted by Crippen LogP contribution is -2.44. The summed E-state index contributed by atoms with van der Waals surface area (Å²) in [6.45, 7) is 4.70. The van der Waals surface area contributed by atoms with Crippen LogP contribution in [0.5, 0.6) is 0 Å². The van der Waals surface area contributed by atoms with E-state index in [1.807, 2.05) is 0 Å². The maximum atomic E-state index is 2.51. The fourth-order valence-electron chi connectivity index (χ4n) is 3.61. The van der Waals surface area contributed by atoms with E-state index in [1.54, 1.807) is 0 Å². The first-order chi connectivity index (χ1) is 9.81. The third-order valence-corrected chi connectivity index (χ3v) is 5.12. The van der Waals surface area contributed by atoms with Crippen LogP contribution in [0.1, 0.15) is 37.7 Å². The van der Waals surface area contributed by atoms with Gasteiger partial charge in [0.25, 0.3) is 0 Å². The van der Waals surface area contributed by atoms with Crippen LogP contribution in [0.2, 0.25) is 0 Å². The summed E-state index contributed by atoms with van der Waals surface area (Å²) in [5.41, 5.74) is 2.93. The molecule has 1 aromatic carbocycles. The van der Waals surface area contributed by atoms with Crippen LogP contribution in [-0.4, -0.2) is 38.1 Å². The summed E-state index contributed by atoms with van der Waals surface area (Å²) in [6, 6.07) is 9.36. The molecular formula is C18H28N2. The molecular weight excluding hydrogens is 244 g/mol. The Morgan fingerprint density at radius 1 is 0.950 bits per heavy atom. The highest BCUT2D eigenvalue weighted by molar-refractivity contribution is 5.48. The van der Waals surface area contributed by atoms with Crippen LogP contribution >= 0.6 is 0 Å². The van der Waals surface area contributed by atoms with E-state index in [2.05, 4.69) is 41.1 Å². The second kappa shape index (κ2) is 6.62. The summed E-state index contributed by atoms with van der Waals surface area (Å²) in [5, 5.41) is 0. The highest BCUT2D eigenvalue weighted by Crippen LogP contribution is 2.29. The molecule has 1 aromatic rings. The zero-order valence-corrected chi connectivity index (χ0v) is 12.9. The molecule has 2 heteroatoms. The van der Waals surface area contributed by atoms with Gasteiger partial charge in [-0.2, -0.15) is 0 Å². The largest absolute Gasteiger partial charge is 0.369 e. The van der Waals surface area contributed by atoms with Crippen molar-refractivity contribution < 1.29 is 0 Å². The molecule has 1 heterocycles. The molecule has 0 aromatic heterocycles. The normalized spacial score (nSPS) is 21.6. The first kappa shape index (κ1) is 13.9. The van der Waals surface area contributed by atoms with E-state index in [9.17, 15) is 0 Å². The Labute approximate surface area is 123 Å². The number of hydrogen-bond donors (Lipinski definition) is 0. The summed E-state index contributed by atoms with van der Waals surface area (Å²) >= 11 is 0. The van der Waals surface area contributed by atoms with Crippen molar-refractivity contribution in [2.75, 3.05) is 38.1 Å². The molecule has 0 radical (unpaired) electrons. The van der Waals surface area contributed by atoms with Gasteiger partial charge in [-0.1, -0.05) is 37.8 Å². The molecule has 2 nitrogen and oxygen atoms in total. The third kappa shape index (κ3) is 3.54. The summed E-state index contributed by atoms with van der Waals surface area (Å²) in [5.74, 6) is 1.01. The SMILES string of the molecule is CN1CCN(c2ccc(CCC3CCCC3)cc2)CC1. The van der Waals surface area contributed by atoms with E-state index >= 15 is 0 Å². The monoisotopic (exact) mass is 272 g/mol. The molecule has 1 aliphatic carbocycles. The van der Waals surface area contributed by atoms with Crippen LogP contribution in [0.4, 0.5) is 5.69 Å². The molecule has 0 amide bonds. The topological polar surface area (TPSA) is 6.48 Å². The highest BCUT2D eigenvalue weighted by atomic mass is 15.2. The van der Waals surface area contributed by atoms with Gasteiger partial charge in [-0.3, -0.25) is 0 Å². The molecule has 1 saturated heterocycles. The molecule has 0 N–H and O–H groups in total. The van der Waals surface area contributed by atoms with Gasteiger partial charge in [0.05, 0.1) is 0 Å². The van der Waals surface area contributed by atoms with Crippen molar-refractivity contribution >= 4 is 5.69 Å². The maximum Gasteiger partial charge on any atom is 0.0367 e. The first-order valence-electron chi connectivity index (χ1n) is 8.34. The summed E-state index contributed by atoms with van der Waals surface area (Å²) in [4.78, 5) is 4.92. The van der Waals surface area contributed by atoms with Gasteiger partial charge in [0, 0.05) is 31.9 Å². The molecule has 0 bridgehead atoms. The van der Waals surface area contributed by atoms with Gasteiger partial charge in [0.15, 0.2) is 0 Å². The van der Waals surface area contributed by atoms with Crippen molar-refractivity contribution in [2.45, 2.75) is 38.5 Å². The van der Waals surface area contributed by atoms with Gasteiger partial charge in [-0.25, -0.2) is 0 Å².